The molecule has 0 saturated carbocycles. The molecule has 0 fully saturated rings. The normalized spacial score (nSPS) is 10.3. The summed E-state index contributed by atoms with van der Waals surface area (Å²) in [5.41, 5.74) is 8.70. The first-order chi connectivity index (χ1) is 7.28. The van der Waals surface area contributed by atoms with Crippen LogP contribution in [0.15, 0.2) is 36.7 Å². The monoisotopic (exact) mass is 202 g/mol. The SMILES string of the molecule is Cn1cc(Nc2cccc(CN)c2)cn1. The first kappa shape index (κ1) is 9.73. The maximum Gasteiger partial charge on any atom is 0.0770 e. The molecule has 0 atom stereocenters. The Hall–Kier alpha value is -1.81. The van der Waals surface area contributed by atoms with Gasteiger partial charge in [0.05, 0.1) is 11.9 Å². The number of benzene rings is 1. The molecule has 1 heterocycles. The van der Waals surface area contributed by atoms with Crippen LogP contribution in [-0.4, -0.2) is 9.78 Å². The number of hydrogen-bond acceptors (Lipinski definition) is 3. The summed E-state index contributed by atoms with van der Waals surface area (Å²) in [4.78, 5) is 0. The minimum absolute atomic E-state index is 0.558. The van der Waals surface area contributed by atoms with Crippen LogP contribution >= 0.6 is 0 Å². The average Bonchev–Trinajstić information content (AvgIpc) is 2.64. The summed E-state index contributed by atoms with van der Waals surface area (Å²) in [6.45, 7) is 0.558. The Labute approximate surface area is 88.7 Å². The van der Waals surface area contributed by atoms with Crippen LogP contribution in [0.2, 0.25) is 0 Å². The van der Waals surface area contributed by atoms with Gasteiger partial charge in [-0.05, 0) is 17.7 Å². The van der Waals surface area contributed by atoms with Crippen molar-refractivity contribution in [2.75, 3.05) is 5.32 Å². The quantitative estimate of drug-likeness (QED) is 0.795. The predicted molar refractivity (Wildman–Crippen MR) is 60.8 cm³/mol. The fourth-order valence-electron chi connectivity index (χ4n) is 1.43. The van der Waals surface area contributed by atoms with Crippen molar-refractivity contribution in [3.8, 4) is 0 Å². The summed E-state index contributed by atoms with van der Waals surface area (Å²) >= 11 is 0. The van der Waals surface area contributed by atoms with E-state index in [1.54, 1.807) is 10.9 Å². The highest BCUT2D eigenvalue weighted by atomic mass is 15.3. The van der Waals surface area contributed by atoms with Crippen molar-refractivity contribution in [1.29, 1.82) is 0 Å². The first-order valence-electron chi connectivity index (χ1n) is 4.82. The highest BCUT2D eigenvalue weighted by Crippen LogP contribution is 2.16. The maximum atomic E-state index is 5.57. The Kier molecular flexibility index (Phi) is 2.69. The number of aryl methyl sites for hydroxylation is 1. The molecule has 0 aliphatic heterocycles. The topological polar surface area (TPSA) is 55.9 Å². The van der Waals surface area contributed by atoms with Gasteiger partial charge in [0, 0.05) is 25.5 Å². The van der Waals surface area contributed by atoms with Crippen LogP contribution in [0.1, 0.15) is 5.56 Å². The summed E-state index contributed by atoms with van der Waals surface area (Å²) in [5, 5.41) is 7.35. The molecule has 0 spiro atoms. The lowest BCUT2D eigenvalue weighted by atomic mass is 10.2. The molecule has 1 aromatic carbocycles. The van der Waals surface area contributed by atoms with Crippen LogP contribution < -0.4 is 11.1 Å². The minimum atomic E-state index is 0.558. The van der Waals surface area contributed by atoms with Crippen molar-refractivity contribution >= 4 is 11.4 Å². The average molecular weight is 202 g/mol. The van der Waals surface area contributed by atoms with Gasteiger partial charge in [-0.3, -0.25) is 4.68 Å². The maximum absolute atomic E-state index is 5.57. The molecule has 4 heteroatoms. The third-order valence-corrected chi connectivity index (χ3v) is 2.16. The van der Waals surface area contributed by atoms with Gasteiger partial charge in [-0.25, -0.2) is 0 Å². The second kappa shape index (κ2) is 4.14. The summed E-state index contributed by atoms with van der Waals surface area (Å²) in [7, 11) is 1.89. The molecule has 0 unspecified atom stereocenters. The molecule has 0 saturated heterocycles. The zero-order valence-electron chi connectivity index (χ0n) is 8.64. The van der Waals surface area contributed by atoms with Gasteiger partial charge in [0.15, 0.2) is 0 Å². The van der Waals surface area contributed by atoms with Gasteiger partial charge in [0.1, 0.15) is 0 Å². The molecule has 0 amide bonds. The Morgan fingerprint density at radius 3 is 2.93 bits per heavy atom. The smallest absolute Gasteiger partial charge is 0.0770 e. The van der Waals surface area contributed by atoms with Crippen molar-refractivity contribution in [2.24, 2.45) is 12.8 Å². The lowest BCUT2D eigenvalue weighted by Gasteiger charge is -2.04. The Morgan fingerprint density at radius 1 is 1.40 bits per heavy atom. The highest BCUT2D eigenvalue weighted by Gasteiger charge is 1.97. The first-order valence-corrected chi connectivity index (χ1v) is 4.82. The zero-order valence-corrected chi connectivity index (χ0v) is 8.64. The van der Waals surface area contributed by atoms with Gasteiger partial charge in [0.2, 0.25) is 0 Å². The van der Waals surface area contributed by atoms with E-state index in [1.807, 2.05) is 37.5 Å². The minimum Gasteiger partial charge on any atom is -0.353 e. The highest BCUT2D eigenvalue weighted by molar-refractivity contribution is 5.58. The molecule has 3 N–H and O–H groups in total. The van der Waals surface area contributed by atoms with E-state index in [0.717, 1.165) is 16.9 Å². The number of nitrogens with zero attached hydrogens (tertiary/aromatic N) is 2. The van der Waals surface area contributed by atoms with Crippen molar-refractivity contribution in [3.63, 3.8) is 0 Å². The summed E-state index contributed by atoms with van der Waals surface area (Å²) in [6.07, 6.45) is 3.71. The van der Waals surface area contributed by atoms with Crippen LogP contribution in [0.5, 0.6) is 0 Å². The molecule has 2 aromatic rings. The molecular formula is C11H14N4. The second-order valence-corrected chi connectivity index (χ2v) is 3.43. The summed E-state index contributed by atoms with van der Waals surface area (Å²) in [5.74, 6) is 0. The summed E-state index contributed by atoms with van der Waals surface area (Å²) < 4.78 is 1.76. The predicted octanol–water partition coefficient (Wildman–Crippen LogP) is 1.62. The van der Waals surface area contributed by atoms with Crippen LogP contribution in [0.25, 0.3) is 0 Å². The number of hydrogen-bond donors (Lipinski definition) is 2. The Bertz CT molecular complexity index is 447. The van der Waals surface area contributed by atoms with E-state index < -0.39 is 0 Å². The molecule has 0 aliphatic carbocycles. The molecule has 0 radical (unpaired) electrons. The largest absolute Gasteiger partial charge is 0.353 e. The number of anilines is 2. The van der Waals surface area contributed by atoms with E-state index in [-0.39, 0.29) is 0 Å². The van der Waals surface area contributed by atoms with Crippen LogP contribution in [-0.2, 0) is 13.6 Å². The van der Waals surface area contributed by atoms with Gasteiger partial charge >= 0.3 is 0 Å². The lowest BCUT2D eigenvalue weighted by molar-refractivity contribution is 0.768. The van der Waals surface area contributed by atoms with Crippen molar-refractivity contribution < 1.29 is 0 Å². The van der Waals surface area contributed by atoms with Crippen LogP contribution in [0.3, 0.4) is 0 Å². The second-order valence-electron chi connectivity index (χ2n) is 3.43. The van der Waals surface area contributed by atoms with Crippen molar-refractivity contribution in [2.45, 2.75) is 6.54 Å². The molecule has 78 valence electrons. The summed E-state index contributed by atoms with van der Waals surface area (Å²) in [6, 6.07) is 8.04. The number of rotatable bonds is 3. The fraction of sp³-hybridized carbons (Fsp3) is 0.182. The van der Waals surface area contributed by atoms with E-state index in [9.17, 15) is 0 Å². The molecule has 4 nitrogen and oxygen atoms in total. The third-order valence-electron chi connectivity index (χ3n) is 2.16. The van der Waals surface area contributed by atoms with E-state index in [1.165, 1.54) is 0 Å². The Morgan fingerprint density at radius 2 is 2.27 bits per heavy atom. The van der Waals surface area contributed by atoms with Gasteiger partial charge in [-0.1, -0.05) is 12.1 Å². The number of aromatic nitrogens is 2. The van der Waals surface area contributed by atoms with Gasteiger partial charge < -0.3 is 11.1 Å². The van der Waals surface area contributed by atoms with E-state index in [2.05, 4.69) is 10.4 Å². The molecule has 2 rings (SSSR count). The number of nitrogens with two attached hydrogens (primary N) is 1. The van der Waals surface area contributed by atoms with Crippen molar-refractivity contribution in [3.05, 3.63) is 42.2 Å². The third kappa shape index (κ3) is 2.35. The zero-order chi connectivity index (χ0) is 10.7. The van der Waals surface area contributed by atoms with Gasteiger partial charge in [-0.15, -0.1) is 0 Å². The lowest BCUT2D eigenvalue weighted by Crippen LogP contribution is -1.97. The standard InChI is InChI=1S/C11H14N4/c1-15-8-11(7-13-15)14-10-4-2-3-9(5-10)6-12/h2-5,7-8,14H,6,12H2,1H3. The fourth-order valence-corrected chi connectivity index (χ4v) is 1.43. The Balaban J connectivity index is 2.16. The van der Waals surface area contributed by atoms with Gasteiger partial charge in [-0.2, -0.15) is 5.10 Å². The van der Waals surface area contributed by atoms with Crippen molar-refractivity contribution in [1.82, 2.24) is 9.78 Å². The van der Waals surface area contributed by atoms with E-state index in [0.29, 0.717) is 6.54 Å². The molecular weight excluding hydrogens is 188 g/mol. The molecule has 0 aliphatic rings. The van der Waals surface area contributed by atoms with Gasteiger partial charge in [0.25, 0.3) is 0 Å². The van der Waals surface area contributed by atoms with Crippen LogP contribution in [0.4, 0.5) is 11.4 Å². The molecule has 0 bridgehead atoms. The van der Waals surface area contributed by atoms with E-state index in [4.69, 9.17) is 5.73 Å². The van der Waals surface area contributed by atoms with E-state index >= 15 is 0 Å². The number of nitrogens with one attached hydrogen (secondary N) is 1. The molecule has 1 aromatic heterocycles. The van der Waals surface area contributed by atoms with Crippen LogP contribution in [0, 0.1) is 0 Å². The molecule has 15 heavy (non-hydrogen) atoms.